The van der Waals surface area contributed by atoms with Gasteiger partial charge in [-0.1, -0.05) is 17.7 Å². The predicted octanol–water partition coefficient (Wildman–Crippen LogP) is 3.34. The molecule has 2 rings (SSSR count). The van der Waals surface area contributed by atoms with Gasteiger partial charge in [0.25, 0.3) is 0 Å². The summed E-state index contributed by atoms with van der Waals surface area (Å²) in [6.07, 6.45) is 3.56. The maximum absolute atomic E-state index is 13.5. The standard InChI is InChI=1S/C14H18ClFO2/c15-13-4-1-5-14(16)12(13)9-10(17)6-7-11-3-2-8-18-11/h1,4-5,10-11,17H,2-3,6-9H2. The molecule has 1 aliphatic heterocycles. The molecule has 0 bridgehead atoms. The Hall–Kier alpha value is -0.640. The Labute approximate surface area is 112 Å². The highest BCUT2D eigenvalue weighted by Crippen LogP contribution is 2.23. The Kier molecular flexibility index (Phi) is 4.98. The number of rotatable bonds is 5. The molecule has 2 nitrogen and oxygen atoms in total. The number of halogens is 2. The lowest BCUT2D eigenvalue weighted by Gasteiger charge is -2.15. The van der Waals surface area contributed by atoms with E-state index in [1.807, 2.05) is 0 Å². The van der Waals surface area contributed by atoms with Crippen LogP contribution in [0, 0.1) is 5.82 Å². The van der Waals surface area contributed by atoms with Crippen molar-refractivity contribution < 1.29 is 14.2 Å². The summed E-state index contributed by atoms with van der Waals surface area (Å²) in [6, 6.07) is 4.58. The van der Waals surface area contributed by atoms with Crippen LogP contribution in [0.4, 0.5) is 4.39 Å². The zero-order valence-corrected chi connectivity index (χ0v) is 11.0. The number of ether oxygens (including phenoxy) is 1. The minimum absolute atomic E-state index is 0.260. The minimum atomic E-state index is -0.566. The van der Waals surface area contributed by atoms with Crippen molar-refractivity contribution in [3.8, 4) is 0 Å². The van der Waals surface area contributed by atoms with Gasteiger partial charge < -0.3 is 9.84 Å². The highest BCUT2D eigenvalue weighted by Gasteiger charge is 2.18. The molecule has 100 valence electrons. The van der Waals surface area contributed by atoms with Gasteiger partial charge in [0, 0.05) is 23.6 Å². The van der Waals surface area contributed by atoms with Gasteiger partial charge in [-0.3, -0.25) is 0 Å². The third-order valence-corrected chi connectivity index (χ3v) is 3.70. The molecule has 0 aliphatic carbocycles. The smallest absolute Gasteiger partial charge is 0.127 e. The molecule has 1 aromatic rings. The Morgan fingerprint density at radius 1 is 1.50 bits per heavy atom. The molecular formula is C14H18ClFO2. The number of hydrogen-bond acceptors (Lipinski definition) is 2. The van der Waals surface area contributed by atoms with E-state index in [2.05, 4.69) is 0 Å². The first kappa shape index (κ1) is 13.8. The molecule has 18 heavy (non-hydrogen) atoms. The third kappa shape index (κ3) is 3.67. The Bertz CT molecular complexity index is 371. The monoisotopic (exact) mass is 272 g/mol. The quantitative estimate of drug-likeness (QED) is 0.891. The van der Waals surface area contributed by atoms with Crippen LogP contribution in [0.2, 0.25) is 5.02 Å². The molecular weight excluding hydrogens is 255 g/mol. The van der Waals surface area contributed by atoms with Crippen LogP contribution in [0.1, 0.15) is 31.2 Å². The summed E-state index contributed by atoms with van der Waals surface area (Å²) in [5.74, 6) is -0.348. The van der Waals surface area contributed by atoms with Crippen LogP contribution in [-0.4, -0.2) is 23.9 Å². The van der Waals surface area contributed by atoms with Crippen molar-refractivity contribution in [2.24, 2.45) is 0 Å². The maximum atomic E-state index is 13.5. The van der Waals surface area contributed by atoms with E-state index in [-0.39, 0.29) is 18.3 Å². The highest BCUT2D eigenvalue weighted by molar-refractivity contribution is 6.31. The molecule has 0 radical (unpaired) electrons. The van der Waals surface area contributed by atoms with Gasteiger partial charge in [-0.05, 0) is 37.8 Å². The van der Waals surface area contributed by atoms with E-state index in [1.165, 1.54) is 6.07 Å². The van der Waals surface area contributed by atoms with Crippen molar-refractivity contribution in [1.82, 2.24) is 0 Å². The second-order valence-electron chi connectivity index (χ2n) is 4.77. The van der Waals surface area contributed by atoms with E-state index in [4.69, 9.17) is 16.3 Å². The molecule has 2 atom stereocenters. The van der Waals surface area contributed by atoms with E-state index in [0.717, 1.165) is 25.9 Å². The van der Waals surface area contributed by atoms with Crippen molar-refractivity contribution in [2.45, 2.75) is 44.3 Å². The first-order valence-electron chi connectivity index (χ1n) is 6.39. The van der Waals surface area contributed by atoms with Crippen LogP contribution in [-0.2, 0) is 11.2 Å². The fourth-order valence-electron chi connectivity index (χ4n) is 2.32. The lowest BCUT2D eigenvalue weighted by atomic mass is 10.0. The predicted molar refractivity (Wildman–Crippen MR) is 69.3 cm³/mol. The third-order valence-electron chi connectivity index (χ3n) is 3.35. The number of benzene rings is 1. The van der Waals surface area contributed by atoms with Gasteiger partial charge in [-0.15, -0.1) is 0 Å². The summed E-state index contributed by atoms with van der Waals surface area (Å²) in [5.41, 5.74) is 0.402. The lowest BCUT2D eigenvalue weighted by Crippen LogP contribution is -2.15. The summed E-state index contributed by atoms with van der Waals surface area (Å²) < 4.78 is 19.0. The molecule has 1 aromatic carbocycles. The number of aliphatic hydroxyl groups excluding tert-OH is 1. The Balaban J connectivity index is 1.84. The first-order chi connectivity index (χ1) is 8.66. The largest absolute Gasteiger partial charge is 0.393 e. The van der Waals surface area contributed by atoms with Crippen LogP contribution in [0.25, 0.3) is 0 Å². The van der Waals surface area contributed by atoms with Crippen LogP contribution >= 0.6 is 11.6 Å². The first-order valence-corrected chi connectivity index (χ1v) is 6.77. The maximum Gasteiger partial charge on any atom is 0.127 e. The van der Waals surface area contributed by atoms with Gasteiger partial charge >= 0.3 is 0 Å². The second kappa shape index (κ2) is 6.50. The average molecular weight is 273 g/mol. The molecule has 1 heterocycles. The van der Waals surface area contributed by atoms with E-state index < -0.39 is 6.10 Å². The normalized spacial score (nSPS) is 21.2. The van der Waals surface area contributed by atoms with Gasteiger partial charge in [0.05, 0.1) is 12.2 Å². The van der Waals surface area contributed by atoms with Crippen LogP contribution in [0.3, 0.4) is 0 Å². The number of aliphatic hydroxyl groups is 1. The van der Waals surface area contributed by atoms with Gasteiger partial charge in [0.15, 0.2) is 0 Å². The molecule has 4 heteroatoms. The topological polar surface area (TPSA) is 29.5 Å². The summed E-state index contributed by atoms with van der Waals surface area (Å²) >= 11 is 5.93. The molecule has 1 saturated heterocycles. The van der Waals surface area contributed by atoms with Gasteiger partial charge in [0.2, 0.25) is 0 Å². The SMILES string of the molecule is OC(CCC1CCCO1)Cc1c(F)cccc1Cl. The second-order valence-corrected chi connectivity index (χ2v) is 5.18. The van der Waals surface area contributed by atoms with Gasteiger partial charge in [-0.25, -0.2) is 4.39 Å². The molecule has 1 N–H and O–H groups in total. The summed E-state index contributed by atoms with van der Waals surface area (Å²) in [5, 5.41) is 10.3. The zero-order chi connectivity index (χ0) is 13.0. The van der Waals surface area contributed by atoms with Crippen molar-refractivity contribution in [2.75, 3.05) is 6.61 Å². The van der Waals surface area contributed by atoms with Crippen molar-refractivity contribution in [3.63, 3.8) is 0 Å². The van der Waals surface area contributed by atoms with E-state index in [1.54, 1.807) is 12.1 Å². The molecule has 0 aromatic heterocycles. The fraction of sp³-hybridized carbons (Fsp3) is 0.571. The van der Waals surface area contributed by atoms with Gasteiger partial charge in [0.1, 0.15) is 5.82 Å². The van der Waals surface area contributed by atoms with Crippen molar-refractivity contribution in [1.29, 1.82) is 0 Å². The van der Waals surface area contributed by atoms with Crippen LogP contribution < -0.4 is 0 Å². The molecule has 0 amide bonds. The van der Waals surface area contributed by atoms with Crippen molar-refractivity contribution in [3.05, 3.63) is 34.6 Å². The Morgan fingerprint density at radius 2 is 2.33 bits per heavy atom. The summed E-state index contributed by atoms with van der Waals surface area (Å²) in [7, 11) is 0. The molecule has 1 fully saturated rings. The minimum Gasteiger partial charge on any atom is -0.393 e. The average Bonchev–Trinajstić information content (AvgIpc) is 2.84. The molecule has 0 saturated carbocycles. The summed E-state index contributed by atoms with van der Waals surface area (Å²) in [6.45, 7) is 0.819. The number of hydrogen-bond donors (Lipinski definition) is 1. The highest BCUT2D eigenvalue weighted by atomic mass is 35.5. The summed E-state index contributed by atoms with van der Waals surface area (Å²) in [4.78, 5) is 0. The lowest BCUT2D eigenvalue weighted by molar-refractivity contribution is 0.0811. The Morgan fingerprint density at radius 3 is 3.00 bits per heavy atom. The van der Waals surface area contributed by atoms with Crippen LogP contribution in [0.15, 0.2) is 18.2 Å². The van der Waals surface area contributed by atoms with E-state index in [9.17, 15) is 9.50 Å². The van der Waals surface area contributed by atoms with E-state index >= 15 is 0 Å². The van der Waals surface area contributed by atoms with Gasteiger partial charge in [-0.2, -0.15) is 0 Å². The van der Waals surface area contributed by atoms with Crippen LogP contribution in [0.5, 0.6) is 0 Å². The van der Waals surface area contributed by atoms with E-state index in [0.29, 0.717) is 17.0 Å². The molecule has 1 aliphatic rings. The molecule has 2 unspecified atom stereocenters. The zero-order valence-electron chi connectivity index (χ0n) is 10.2. The molecule has 0 spiro atoms. The fourth-order valence-corrected chi connectivity index (χ4v) is 2.56. The van der Waals surface area contributed by atoms with Crippen molar-refractivity contribution >= 4 is 11.6 Å².